The third-order valence-corrected chi connectivity index (χ3v) is 1.91. The summed E-state index contributed by atoms with van der Waals surface area (Å²) in [6.07, 6.45) is 1.06. The molecule has 0 aliphatic rings. The first-order chi connectivity index (χ1) is 6.79. The van der Waals surface area contributed by atoms with Gasteiger partial charge in [-0.25, -0.2) is 0 Å². The van der Waals surface area contributed by atoms with E-state index in [4.69, 9.17) is 0 Å². The van der Waals surface area contributed by atoms with Crippen LogP contribution in [0.25, 0.3) is 0 Å². The quantitative estimate of drug-likeness (QED) is 0.399. The molecule has 0 amide bonds. The van der Waals surface area contributed by atoms with Crippen molar-refractivity contribution in [2.45, 2.75) is 6.42 Å². The highest BCUT2D eigenvalue weighted by Crippen LogP contribution is 2.09. The van der Waals surface area contributed by atoms with Crippen LogP contribution in [0.3, 0.4) is 0 Å². The normalized spacial score (nSPS) is 11.7. The molecule has 1 aromatic rings. The van der Waals surface area contributed by atoms with E-state index in [-0.39, 0.29) is 12.2 Å². The average molecular weight is 190 g/mol. The lowest BCUT2D eigenvalue weighted by atomic mass is 9.97. The standard InChI is InChI=1S/C11H10O3/c12-7-6-10(8-13)11(14)9-4-2-1-3-5-9/h1-5,7-8,10H,6H2. The summed E-state index contributed by atoms with van der Waals surface area (Å²) < 4.78 is 0. The van der Waals surface area contributed by atoms with Crippen molar-refractivity contribution in [2.75, 3.05) is 0 Å². The molecular formula is C11H10O3. The number of ketones is 1. The minimum Gasteiger partial charge on any atom is -0.303 e. The Morgan fingerprint density at radius 3 is 2.36 bits per heavy atom. The van der Waals surface area contributed by atoms with E-state index < -0.39 is 5.92 Å². The summed E-state index contributed by atoms with van der Waals surface area (Å²) in [5.74, 6) is -1.14. The SMILES string of the molecule is O=CCC(C=O)C(=O)c1ccccc1. The first-order valence-electron chi connectivity index (χ1n) is 4.27. The fraction of sp³-hybridized carbons (Fsp3) is 0.182. The van der Waals surface area contributed by atoms with E-state index in [1.165, 1.54) is 0 Å². The fourth-order valence-corrected chi connectivity index (χ4v) is 1.14. The molecular weight excluding hydrogens is 180 g/mol. The van der Waals surface area contributed by atoms with Gasteiger partial charge >= 0.3 is 0 Å². The van der Waals surface area contributed by atoms with E-state index in [0.29, 0.717) is 18.1 Å². The lowest BCUT2D eigenvalue weighted by Gasteiger charge is -2.04. The summed E-state index contributed by atoms with van der Waals surface area (Å²) in [7, 11) is 0. The van der Waals surface area contributed by atoms with Crippen LogP contribution in [0.4, 0.5) is 0 Å². The van der Waals surface area contributed by atoms with Crippen LogP contribution in [-0.2, 0) is 9.59 Å². The molecule has 0 aromatic heterocycles. The second-order valence-electron chi connectivity index (χ2n) is 2.88. The number of Topliss-reactive ketones (excluding diaryl/α,β-unsaturated/α-hetero) is 1. The molecule has 14 heavy (non-hydrogen) atoms. The van der Waals surface area contributed by atoms with E-state index in [1.807, 2.05) is 0 Å². The molecule has 0 aliphatic heterocycles. The van der Waals surface area contributed by atoms with Gasteiger partial charge in [0, 0.05) is 12.0 Å². The van der Waals surface area contributed by atoms with Gasteiger partial charge in [0.25, 0.3) is 0 Å². The van der Waals surface area contributed by atoms with Crippen molar-refractivity contribution in [1.82, 2.24) is 0 Å². The van der Waals surface area contributed by atoms with Crippen LogP contribution in [0, 0.1) is 5.92 Å². The predicted molar refractivity (Wildman–Crippen MR) is 51.0 cm³/mol. The number of rotatable bonds is 5. The Balaban J connectivity index is 2.83. The lowest BCUT2D eigenvalue weighted by Crippen LogP contribution is -2.16. The molecule has 0 bridgehead atoms. The van der Waals surface area contributed by atoms with Gasteiger partial charge in [0.05, 0.1) is 5.92 Å². The molecule has 0 N–H and O–H groups in total. The third kappa shape index (κ3) is 2.36. The number of carbonyl (C=O) groups excluding carboxylic acids is 3. The number of benzene rings is 1. The minimum atomic E-state index is -0.838. The zero-order valence-electron chi connectivity index (χ0n) is 7.55. The molecule has 0 aliphatic carbocycles. The van der Waals surface area contributed by atoms with Crippen molar-refractivity contribution in [2.24, 2.45) is 5.92 Å². The zero-order valence-corrected chi connectivity index (χ0v) is 7.55. The topological polar surface area (TPSA) is 51.2 Å². The third-order valence-electron chi connectivity index (χ3n) is 1.91. The Labute approximate surface area is 81.7 Å². The highest BCUT2D eigenvalue weighted by molar-refractivity contribution is 6.06. The average Bonchev–Trinajstić information content (AvgIpc) is 2.26. The number of hydrogen-bond acceptors (Lipinski definition) is 3. The van der Waals surface area contributed by atoms with Crippen molar-refractivity contribution >= 4 is 18.4 Å². The van der Waals surface area contributed by atoms with Crippen molar-refractivity contribution in [3.63, 3.8) is 0 Å². The van der Waals surface area contributed by atoms with E-state index in [2.05, 4.69) is 0 Å². The van der Waals surface area contributed by atoms with Gasteiger partial charge in [0.15, 0.2) is 5.78 Å². The molecule has 0 fully saturated rings. The van der Waals surface area contributed by atoms with Gasteiger partial charge in [0.2, 0.25) is 0 Å². The van der Waals surface area contributed by atoms with Crippen LogP contribution < -0.4 is 0 Å². The Kier molecular flexibility index (Phi) is 3.73. The number of hydrogen-bond donors (Lipinski definition) is 0. The van der Waals surface area contributed by atoms with E-state index in [1.54, 1.807) is 30.3 Å². The zero-order chi connectivity index (χ0) is 10.4. The monoisotopic (exact) mass is 190 g/mol. The van der Waals surface area contributed by atoms with Crippen LogP contribution in [0.5, 0.6) is 0 Å². The summed E-state index contributed by atoms with van der Waals surface area (Å²) in [6.45, 7) is 0. The van der Waals surface area contributed by atoms with Gasteiger partial charge in [-0.3, -0.25) is 4.79 Å². The van der Waals surface area contributed by atoms with Gasteiger partial charge in [-0.1, -0.05) is 30.3 Å². The van der Waals surface area contributed by atoms with Gasteiger partial charge in [-0.05, 0) is 0 Å². The smallest absolute Gasteiger partial charge is 0.173 e. The Bertz CT molecular complexity index is 330. The molecule has 3 heteroatoms. The molecule has 3 nitrogen and oxygen atoms in total. The molecule has 1 aromatic carbocycles. The number of aldehydes is 2. The van der Waals surface area contributed by atoms with E-state index in [0.717, 1.165) is 0 Å². The maximum absolute atomic E-state index is 11.6. The molecule has 0 radical (unpaired) electrons. The molecule has 0 spiro atoms. The maximum atomic E-state index is 11.6. The van der Waals surface area contributed by atoms with Gasteiger partial charge in [-0.2, -0.15) is 0 Å². The molecule has 1 unspecified atom stereocenters. The van der Waals surface area contributed by atoms with Gasteiger partial charge in [-0.15, -0.1) is 0 Å². The highest BCUT2D eigenvalue weighted by Gasteiger charge is 2.18. The summed E-state index contributed by atoms with van der Waals surface area (Å²) in [6, 6.07) is 8.48. The van der Waals surface area contributed by atoms with E-state index >= 15 is 0 Å². The van der Waals surface area contributed by atoms with Crippen LogP contribution >= 0.6 is 0 Å². The minimum absolute atomic E-state index is 0.0444. The second-order valence-corrected chi connectivity index (χ2v) is 2.88. The van der Waals surface area contributed by atoms with Crippen LogP contribution in [0.15, 0.2) is 30.3 Å². The van der Waals surface area contributed by atoms with Crippen molar-refractivity contribution in [3.05, 3.63) is 35.9 Å². The van der Waals surface area contributed by atoms with Crippen LogP contribution in [0.2, 0.25) is 0 Å². The Morgan fingerprint density at radius 2 is 1.86 bits per heavy atom. The highest BCUT2D eigenvalue weighted by atomic mass is 16.1. The summed E-state index contributed by atoms with van der Waals surface area (Å²) >= 11 is 0. The largest absolute Gasteiger partial charge is 0.303 e. The molecule has 0 saturated heterocycles. The molecule has 1 atom stereocenters. The molecule has 0 saturated carbocycles. The van der Waals surface area contributed by atoms with Crippen LogP contribution in [0.1, 0.15) is 16.8 Å². The van der Waals surface area contributed by atoms with E-state index in [9.17, 15) is 14.4 Å². The van der Waals surface area contributed by atoms with Crippen LogP contribution in [-0.4, -0.2) is 18.4 Å². The van der Waals surface area contributed by atoms with Crippen molar-refractivity contribution in [1.29, 1.82) is 0 Å². The molecule has 0 heterocycles. The second kappa shape index (κ2) is 5.07. The lowest BCUT2D eigenvalue weighted by molar-refractivity contribution is -0.114. The van der Waals surface area contributed by atoms with Crippen molar-refractivity contribution in [3.8, 4) is 0 Å². The summed E-state index contributed by atoms with van der Waals surface area (Å²) in [5, 5.41) is 0. The molecule has 72 valence electrons. The summed E-state index contributed by atoms with van der Waals surface area (Å²) in [4.78, 5) is 32.3. The predicted octanol–water partition coefficient (Wildman–Crippen LogP) is 1.27. The van der Waals surface area contributed by atoms with Crippen molar-refractivity contribution < 1.29 is 14.4 Å². The Hall–Kier alpha value is -1.77. The number of carbonyl (C=O) groups is 3. The van der Waals surface area contributed by atoms with Gasteiger partial charge in [0.1, 0.15) is 12.6 Å². The Morgan fingerprint density at radius 1 is 1.21 bits per heavy atom. The maximum Gasteiger partial charge on any atom is 0.173 e. The summed E-state index contributed by atoms with van der Waals surface area (Å²) in [5.41, 5.74) is 0.464. The fourth-order valence-electron chi connectivity index (χ4n) is 1.14. The first kappa shape index (κ1) is 10.3. The van der Waals surface area contributed by atoms with Gasteiger partial charge < -0.3 is 9.59 Å². The first-order valence-corrected chi connectivity index (χ1v) is 4.27. The molecule has 1 rings (SSSR count).